The van der Waals surface area contributed by atoms with Crippen molar-refractivity contribution in [3.05, 3.63) is 39.9 Å². The third-order valence-corrected chi connectivity index (χ3v) is 6.13. The van der Waals surface area contributed by atoms with Crippen LogP contribution in [0.25, 0.3) is 11.3 Å². The Hall–Kier alpha value is -2.13. The fourth-order valence-electron chi connectivity index (χ4n) is 3.19. The second-order valence-electron chi connectivity index (χ2n) is 6.66. The van der Waals surface area contributed by atoms with Crippen LogP contribution in [-0.4, -0.2) is 20.3 Å². The summed E-state index contributed by atoms with van der Waals surface area (Å²) >= 11 is 1.58. The first-order valence-corrected chi connectivity index (χ1v) is 9.30. The second-order valence-corrected chi connectivity index (χ2v) is 7.65. The number of nitrogens with zero attached hydrogens (tertiary/aromatic N) is 4. The molecule has 1 aliphatic carbocycles. The summed E-state index contributed by atoms with van der Waals surface area (Å²) in [6, 6.07) is 6.00. The lowest BCUT2D eigenvalue weighted by Crippen LogP contribution is -2.32. The summed E-state index contributed by atoms with van der Waals surface area (Å²) in [7, 11) is 0. The van der Waals surface area contributed by atoms with Crippen LogP contribution in [0.3, 0.4) is 0 Å². The third kappa shape index (κ3) is 2.53. The minimum atomic E-state index is -0.236. The summed E-state index contributed by atoms with van der Waals surface area (Å²) in [6.07, 6.45) is 5.42. The molecule has 1 fully saturated rings. The average Bonchev–Trinajstić information content (AvgIpc) is 2.54. The average molecular weight is 338 g/mol. The SMILES string of the molecule is CC1CSc2nc(-c3ccc(C4CCC4)nc3)c(C#N)c(=O)n2C1. The Morgan fingerprint density at radius 2 is 2.21 bits per heavy atom. The first-order chi connectivity index (χ1) is 11.7. The summed E-state index contributed by atoms with van der Waals surface area (Å²) in [4.78, 5) is 21.8. The van der Waals surface area contributed by atoms with Gasteiger partial charge >= 0.3 is 0 Å². The van der Waals surface area contributed by atoms with Crippen molar-refractivity contribution in [2.24, 2.45) is 5.92 Å². The van der Waals surface area contributed by atoms with Gasteiger partial charge in [0.15, 0.2) is 5.16 Å². The fraction of sp³-hybridized carbons (Fsp3) is 0.444. The van der Waals surface area contributed by atoms with E-state index in [1.807, 2.05) is 12.1 Å². The molecule has 3 heterocycles. The smallest absolute Gasteiger partial charge is 0.272 e. The Labute approximate surface area is 144 Å². The van der Waals surface area contributed by atoms with Gasteiger partial charge in [-0.25, -0.2) is 4.98 Å². The molecule has 0 bridgehead atoms. The lowest BCUT2D eigenvalue weighted by molar-refractivity contribution is 0.411. The quantitative estimate of drug-likeness (QED) is 0.786. The number of pyridine rings is 1. The predicted molar refractivity (Wildman–Crippen MR) is 92.9 cm³/mol. The molecule has 1 unspecified atom stereocenters. The van der Waals surface area contributed by atoms with E-state index in [1.165, 1.54) is 19.3 Å². The molecule has 4 rings (SSSR count). The predicted octanol–water partition coefficient (Wildman–Crippen LogP) is 3.19. The van der Waals surface area contributed by atoms with Gasteiger partial charge in [-0.15, -0.1) is 0 Å². The van der Waals surface area contributed by atoms with Crippen LogP contribution in [0, 0.1) is 17.2 Å². The van der Waals surface area contributed by atoms with E-state index in [0.29, 0.717) is 29.2 Å². The maximum atomic E-state index is 12.7. The number of hydrogen-bond donors (Lipinski definition) is 0. The van der Waals surface area contributed by atoms with Crippen molar-refractivity contribution in [2.75, 3.05) is 5.75 Å². The number of fused-ring (bicyclic) bond motifs is 1. The summed E-state index contributed by atoms with van der Waals surface area (Å²) in [5.74, 6) is 1.91. The highest BCUT2D eigenvalue weighted by Crippen LogP contribution is 2.36. The molecule has 0 aromatic carbocycles. The topological polar surface area (TPSA) is 71.6 Å². The van der Waals surface area contributed by atoms with Crippen molar-refractivity contribution in [1.82, 2.24) is 14.5 Å². The fourth-order valence-corrected chi connectivity index (χ4v) is 4.20. The number of thioether (sulfide) groups is 1. The van der Waals surface area contributed by atoms with Gasteiger partial charge in [-0.2, -0.15) is 5.26 Å². The molecule has 5 nitrogen and oxygen atoms in total. The Balaban J connectivity index is 1.79. The van der Waals surface area contributed by atoms with Crippen LogP contribution in [0.2, 0.25) is 0 Å². The maximum Gasteiger partial charge on any atom is 0.272 e. The van der Waals surface area contributed by atoms with Crippen LogP contribution in [0.1, 0.15) is 43.4 Å². The van der Waals surface area contributed by atoms with Gasteiger partial charge < -0.3 is 0 Å². The van der Waals surface area contributed by atoms with Crippen molar-refractivity contribution >= 4 is 11.8 Å². The summed E-state index contributed by atoms with van der Waals surface area (Å²) < 4.78 is 1.64. The van der Waals surface area contributed by atoms with Gasteiger partial charge in [0.1, 0.15) is 11.6 Å². The van der Waals surface area contributed by atoms with E-state index in [1.54, 1.807) is 22.5 Å². The van der Waals surface area contributed by atoms with E-state index in [-0.39, 0.29) is 11.1 Å². The lowest BCUT2D eigenvalue weighted by atomic mass is 9.82. The normalized spacial score (nSPS) is 20.1. The first kappa shape index (κ1) is 15.4. The highest BCUT2D eigenvalue weighted by molar-refractivity contribution is 7.99. The molecule has 2 aromatic heterocycles. The van der Waals surface area contributed by atoms with Gasteiger partial charge in [0.05, 0.1) is 5.69 Å². The molecular formula is C18H18N4OS. The second kappa shape index (κ2) is 6.06. The van der Waals surface area contributed by atoms with Crippen molar-refractivity contribution in [2.45, 2.75) is 43.8 Å². The highest BCUT2D eigenvalue weighted by atomic mass is 32.2. The zero-order valence-corrected chi connectivity index (χ0v) is 14.3. The van der Waals surface area contributed by atoms with E-state index in [9.17, 15) is 10.1 Å². The van der Waals surface area contributed by atoms with Gasteiger partial charge in [0.25, 0.3) is 5.56 Å². The highest BCUT2D eigenvalue weighted by Gasteiger charge is 2.24. The molecule has 122 valence electrons. The van der Waals surface area contributed by atoms with Gasteiger partial charge in [0, 0.05) is 35.7 Å². The Morgan fingerprint density at radius 3 is 2.83 bits per heavy atom. The standard InChI is InChI=1S/C18H18N4OS/c1-11-9-22-17(23)14(7-19)16(21-18(22)24-10-11)13-5-6-15(20-8-13)12-3-2-4-12/h5-6,8,11-12H,2-4,9-10H2,1H3. The van der Waals surface area contributed by atoms with E-state index in [4.69, 9.17) is 0 Å². The van der Waals surface area contributed by atoms with E-state index in [2.05, 4.69) is 23.0 Å². The number of hydrogen-bond acceptors (Lipinski definition) is 5. The zero-order valence-electron chi connectivity index (χ0n) is 13.5. The lowest BCUT2D eigenvalue weighted by Gasteiger charge is -2.25. The summed E-state index contributed by atoms with van der Waals surface area (Å²) in [5.41, 5.74) is 2.19. The number of nitriles is 1. The Morgan fingerprint density at radius 1 is 1.38 bits per heavy atom. The number of aromatic nitrogens is 3. The zero-order chi connectivity index (χ0) is 16.7. The molecule has 0 N–H and O–H groups in total. The molecule has 2 aromatic rings. The third-order valence-electron chi connectivity index (χ3n) is 4.82. The molecule has 1 atom stereocenters. The van der Waals surface area contributed by atoms with Crippen LogP contribution in [-0.2, 0) is 6.54 Å². The molecule has 2 aliphatic rings. The molecule has 1 saturated carbocycles. The Bertz CT molecular complexity index is 878. The summed E-state index contributed by atoms with van der Waals surface area (Å²) in [6.45, 7) is 2.73. The van der Waals surface area contributed by atoms with Crippen LogP contribution in [0.5, 0.6) is 0 Å². The summed E-state index contributed by atoms with van der Waals surface area (Å²) in [5, 5.41) is 10.2. The van der Waals surface area contributed by atoms with Gasteiger partial charge in [0.2, 0.25) is 0 Å². The number of rotatable bonds is 2. The largest absolute Gasteiger partial charge is 0.286 e. The van der Waals surface area contributed by atoms with E-state index in [0.717, 1.165) is 17.0 Å². The van der Waals surface area contributed by atoms with Gasteiger partial charge in [-0.3, -0.25) is 14.3 Å². The minimum absolute atomic E-state index is 0.117. The van der Waals surface area contributed by atoms with Crippen LogP contribution >= 0.6 is 11.8 Å². The molecule has 6 heteroatoms. The van der Waals surface area contributed by atoms with Crippen LogP contribution in [0.15, 0.2) is 28.3 Å². The molecule has 0 spiro atoms. The first-order valence-electron chi connectivity index (χ1n) is 8.31. The van der Waals surface area contributed by atoms with Crippen LogP contribution < -0.4 is 5.56 Å². The van der Waals surface area contributed by atoms with Crippen molar-refractivity contribution in [3.8, 4) is 17.3 Å². The molecule has 0 radical (unpaired) electrons. The van der Waals surface area contributed by atoms with Gasteiger partial charge in [-0.05, 0) is 30.9 Å². The van der Waals surface area contributed by atoms with Crippen molar-refractivity contribution < 1.29 is 0 Å². The van der Waals surface area contributed by atoms with Gasteiger partial charge in [-0.1, -0.05) is 25.1 Å². The maximum absolute atomic E-state index is 12.7. The van der Waals surface area contributed by atoms with Crippen LogP contribution in [0.4, 0.5) is 0 Å². The molecule has 0 saturated heterocycles. The van der Waals surface area contributed by atoms with E-state index < -0.39 is 0 Å². The van der Waals surface area contributed by atoms with Crippen molar-refractivity contribution in [1.29, 1.82) is 5.26 Å². The monoisotopic (exact) mass is 338 g/mol. The molecule has 24 heavy (non-hydrogen) atoms. The molecule has 0 amide bonds. The Kier molecular flexibility index (Phi) is 3.89. The molecular weight excluding hydrogens is 320 g/mol. The molecule has 1 aliphatic heterocycles. The van der Waals surface area contributed by atoms with Crippen molar-refractivity contribution in [3.63, 3.8) is 0 Å². The minimum Gasteiger partial charge on any atom is -0.286 e. The van der Waals surface area contributed by atoms with E-state index >= 15 is 0 Å².